The number of rotatable bonds is 5. The number of pyridine rings is 1. The van der Waals surface area contributed by atoms with E-state index in [0.29, 0.717) is 47.7 Å². The maximum atomic E-state index is 12.7. The summed E-state index contributed by atoms with van der Waals surface area (Å²) in [5.74, 6) is 0.415. The number of ether oxygens (including phenoxy) is 1. The minimum absolute atomic E-state index is 0.0892. The fourth-order valence-corrected chi connectivity index (χ4v) is 3.86. The van der Waals surface area contributed by atoms with Gasteiger partial charge in [-0.3, -0.25) is 4.79 Å². The highest BCUT2D eigenvalue weighted by atomic mass is 35.5. The van der Waals surface area contributed by atoms with Gasteiger partial charge in [-0.15, -0.1) is 0 Å². The number of morpholine rings is 1. The topological polar surface area (TPSA) is 54.5 Å². The quantitative estimate of drug-likeness (QED) is 0.600. The van der Waals surface area contributed by atoms with Crippen LogP contribution in [-0.4, -0.2) is 42.1 Å². The van der Waals surface area contributed by atoms with Gasteiger partial charge in [-0.2, -0.15) is 0 Å². The Morgan fingerprint density at radius 2 is 1.73 bits per heavy atom. The average molecular weight is 442 g/mol. The molecule has 1 saturated heterocycles. The van der Waals surface area contributed by atoms with E-state index in [2.05, 4.69) is 10.3 Å². The smallest absolute Gasteiger partial charge is 0.255 e. The molecule has 1 unspecified atom stereocenters. The van der Waals surface area contributed by atoms with Gasteiger partial charge in [0, 0.05) is 24.3 Å². The molecule has 1 amide bonds. The Labute approximate surface area is 185 Å². The number of halogens is 2. The Morgan fingerprint density at radius 3 is 2.43 bits per heavy atom. The third-order valence-corrected chi connectivity index (χ3v) is 5.51. The Bertz CT molecular complexity index is 1020. The van der Waals surface area contributed by atoms with Crippen LogP contribution < -0.4 is 5.32 Å². The van der Waals surface area contributed by atoms with Crippen LogP contribution in [0.15, 0.2) is 66.9 Å². The van der Waals surface area contributed by atoms with E-state index in [1.165, 1.54) is 0 Å². The van der Waals surface area contributed by atoms with Gasteiger partial charge in [0.25, 0.3) is 5.91 Å². The molecule has 7 heteroatoms. The van der Waals surface area contributed by atoms with Gasteiger partial charge >= 0.3 is 0 Å². The maximum Gasteiger partial charge on any atom is 0.255 e. The molecule has 2 heterocycles. The molecule has 3 aromatic rings. The van der Waals surface area contributed by atoms with Gasteiger partial charge < -0.3 is 15.0 Å². The number of benzene rings is 2. The minimum Gasteiger partial charge on any atom is -0.378 e. The Hall–Kier alpha value is -2.60. The van der Waals surface area contributed by atoms with E-state index in [-0.39, 0.29) is 11.9 Å². The molecular weight excluding hydrogens is 421 g/mol. The predicted molar refractivity (Wildman–Crippen MR) is 119 cm³/mol. The molecular formula is C23H21Cl2N3O2. The standard InChI is InChI=1S/C23H21Cl2N3O2/c24-19-8-4-7-17(13-19)21(16-5-2-1-3-6-16)27-22-20(25)14-18(15-26-22)23(29)28-9-11-30-12-10-28/h1-8,13-15,21H,9-12H2,(H,26,27). The van der Waals surface area contributed by atoms with Crippen molar-refractivity contribution in [2.75, 3.05) is 31.6 Å². The summed E-state index contributed by atoms with van der Waals surface area (Å²) in [6.45, 7) is 2.23. The van der Waals surface area contributed by atoms with Crippen LogP contribution in [0.4, 0.5) is 5.82 Å². The Kier molecular flexibility index (Phi) is 6.53. The van der Waals surface area contributed by atoms with Crippen LogP contribution >= 0.6 is 23.2 Å². The molecule has 0 bridgehead atoms. The number of nitrogens with zero attached hydrogens (tertiary/aromatic N) is 2. The molecule has 0 saturated carbocycles. The number of aromatic nitrogens is 1. The molecule has 5 nitrogen and oxygen atoms in total. The van der Waals surface area contributed by atoms with Crippen LogP contribution in [0, 0.1) is 0 Å². The lowest BCUT2D eigenvalue weighted by Crippen LogP contribution is -2.40. The van der Waals surface area contributed by atoms with Crippen molar-refractivity contribution in [2.45, 2.75) is 6.04 Å². The largest absolute Gasteiger partial charge is 0.378 e. The maximum absolute atomic E-state index is 12.7. The van der Waals surface area contributed by atoms with Crippen LogP contribution in [0.3, 0.4) is 0 Å². The van der Waals surface area contributed by atoms with Crippen molar-refractivity contribution in [3.63, 3.8) is 0 Å². The van der Waals surface area contributed by atoms with E-state index in [0.717, 1.165) is 11.1 Å². The number of anilines is 1. The summed E-state index contributed by atoms with van der Waals surface area (Å²) in [5, 5.41) is 4.45. The zero-order chi connectivity index (χ0) is 20.9. The van der Waals surface area contributed by atoms with Gasteiger partial charge in [-0.25, -0.2) is 4.98 Å². The molecule has 1 fully saturated rings. The molecule has 0 radical (unpaired) electrons. The molecule has 30 heavy (non-hydrogen) atoms. The number of amides is 1. The summed E-state index contributed by atoms with van der Waals surface area (Å²) >= 11 is 12.7. The molecule has 4 rings (SSSR count). The van der Waals surface area contributed by atoms with E-state index in [1.807, 2.05) is 54.6 Å². The second kappa shape index (κ2) is 9.47. The normalized spacial score (nSPS) is 14.9. The lowest BCUT2D eigenvalue weighted by molar-refractivity contribution is 0.0302. The lowest BCUT2D eigenvalue weighted by Gasteiger charge is -2.27. The van der Waals surface area contributed by atoms with Crippen molar-refractivity contribution in [3.05, 3.63) is 93.6 Å². The van der Waals surface area contributed by atoms with E-state index >= 15 is 0 Å². The third kappa shape index (κ3) is 4.75. The van der Waals surface area contributed by atoms with Crippen LogP contribution in [0.2, 0.25) is 10.0 Å². The van der Waals surface area contributed by atoms with Crippen LogP contribution in [0.1, 0.15) is 27.5 Å². The molecule has 1 aromatic heterocycles. The minimum atomic E-state index is -0.198. The van der Waals surface area contributed by atoms with Gasteiger partial charge in [-0.05, 0) is 29.3 Å². The van der Waals surface area contributed by atoms with Crippen molar-refractivity contribution >= 4 is 34.9 Å². The van der Waals surface area contributed by atoms with Crippen molar-refractivity contribution in [1.82, 2.24) is 9.88 Å². The Balaban J connectivity index is 1.61. The van der Waals surface area contributed by atoms with Gasteiger partial charge in [0.2, 0.25) is 0 Å². The molecule has 2 aromatic carbocycles. The van der Waals surface area contributed by atoms with Gasteiger partial charge in [0.1, 0.15) is 5.82 Å². The molecule has 0 aliphatic carbocycles. The zero-order valence-electron chi connectivity index (χ0n) is 16.2. The summed E-state index contributed by atoms with van der Waals surface area (Å²) in [4.78, 5) is 18.9. The predicted octanol–water partition coefficient (Wildman–Crippen LogP) is 5.06. The highest BCUT2D eigenvalue weighted by molar-refractivity contribution is 6.33. The van der Waals surface area contributed by atoms with E-state index < -0.39 is 0 Å². The van der Waals surface area contributed by atoms with Gasteiger partial charge in [0.05, 0.1) is 29.8 Å². The van der Waals surface area contributed by atoms with E-state index in [9.17, 15) is 4.79 Å². The molecule has 1 atom stereocenters. The van der Waals surface area contributed by atoms with Crippen LogP contribution in [0.5, 0.6) is 0 Å². The molecule has 0 spiro atoms. The summed E-state index contributed by atoms with van der Waals surface area (Å²) in [7, 11) is 0. The second-order valence-corrected chi connectivity index (χ2v) is 7.85. The highest BCUT2D eigenvalue weighted by Gasteiger charge is 2.21. The summed E-state index contributed by atoms with van der Waals surface area (Å²) in [6, 6.07) is 19.1. The van der Waals surface area contributed by atoms with Crippen molar-refractivity contribution < 1.29 is 9.53 Å². The average Bonchev–Trinajstić information content (AvgIpc) is 2.79. The molecule has 1 aliphatic rings. The first kappa shape index (κ1) is 20.7. The SMILES string of the molecule is O=C(c1cnc(NC(c2ccccc2)c2cccc(Cl)c2)c(Cl)c1)N1CCOCC1. The first-order valence-electron chi connectivity index (χ1n) is 9.71. The third-order valence-electron chi connectivity index (χ3n) is 4.98. The molecule has 1 aliphatic heterocycles. The van der Waals surface area contributed by atoms with E-state index in [1.54, 1.807) is 17.2 Å². The van der Waals surface area contributed by atoms with Gasteiger partial charge in [-0.1, -0.05) is 65.7 Å². The number of nitrogens with one attached hydrogen (secondary N) is 1. The van der Waals surface area contributed by atoms with Crippen molar-refractivity contribution in [1.29, 1.82) is 0 Å². The van der Waals surface area contributed by atoms with E-state index in [4.69, 9.17) is 27.9 Å². The molecule has 154 valence electrons. The molecule has 1 N–H and O–H groups in total. The lowest BCUT2D eigenvalue weighted by atomic mass is 9.98. The summed E-state index contributed by atoms with van der Waals surface area (Å²) in [5.41, 5.74) is 2.50. The highest BCUT2D eigenvalue weighted by Crippen LogP contribution is 2.31. The van der Waals surface area contributed by atoms with Crippen molar-refractivity contribution in [2.24, 2.45) is 0 Å². The first-order chi connectivity index (χ1) is 14.6. The van der Waals surface area contributed by atoms with Crippen molar-refractivity contribution in [3.8, 4) is 0 Å². The summed E-state index contributed by atoms with van der Waals surface area (Å²) in [6.07, 6.45) is 1.56. The fourth-order valence-electron chi connectivity index (χ4n) is 3.44. The number of hydrogen-bond donors (Lipinski definition) is 1. The summed E-state index contributed by atoms with van der Waals surface area (Å²) < 4.78 is 5.31. The van der Waals surface area contributed by atoms with Gasteiger partial charge in [0.15, 0.2) is 0 Å². The fraction of sp³-hybridized carbons (Fsp3) is 0.217. The monoisotopic (exact) mass is 441 g/mol. The number of hydrogen-bond acceptors (Lipinski definition) is 4. The number of carbonyl (C=O) groups excluding carboxylic acids is 1. The second-order valence-electron chi connectivity index (χ2n) is 7.00. The first-order valence-corrected chi connectivity index (χ1v) is 10.5. The Morgan fingerprint density at radius 1 is 1.00 bits per heavy atom. The van der Waals surface area contributed by atoms with Crippen LogP contribution in [-0.2, 0) is 4.74 Å². The number of carbonyl (C=O) groups is 1. The zero-order valence-corrected chi connectivity index (χ0v) is 17.7. The van der Waals surface area contributed by atoms with Crippen LogP contribution in [0.25, 0.3) is 0 Å².